The van der Waals surface area contributed by atoms with Gasteiger partial charge in [-0.1, -0.05) is 20.3 Å². The van der Waals surface area contributed by atoms with Crippen LogP contribution in [-0.2, 0) is 4.79 Å². The van der Waals surface area contributed by atoms with Crippen LogP contribution in [0.1, 0.15) is 20.3 Å². The third kappa shape index (κ3) is 4.58. The molecule has 2 unspecified atom stereocenters. The SMILES string of the molecule is CCC(C)C(N)C(=O)Nc1cc(F)cc(F)c1.Cl. The number of anilines is 1. The zero-order valence-corrected chi connectivity index (χ0v) is 11.1. The van der Waals surface area contributed by atoms with Crippen LogP contribution in [0, 0.1) is 17.6 Å². The number of carbonyl (C=O) groups is 1. The molecular formula is C12H17ClF2N2O. The minimum absolute atomic E-state index is 0. The Morgan fingerprint density at radius 2 is 1.83 bits per heavy atom. The molecule has 0 spiro atoms. The van der Waals surface area contributed by atoms with Gasteiger partial charge in [0.2, 0.25) is 5.91 Å². The Morgan fingerprint density at radius 3 is 2.28 bits per heavy atom. The summed E-state index contributed by atoms with van der Waals surface area (Å²) in [5.41, 5.74) is 5.77. The second-order valence-corrected chi connectivity index (χ2v) is 4.06. The first-order valence-electron chi connectivity index (χ1n) is 5.46. The molecule has 0 saturated carbocycles. The summed E-state index contributed by atoms with van der Waals surface area (Å²) in [4.78, 5) is 11.7. The quantitative estimate of drug-likeness (QED) is 0.890. The van der Waals surface area contributed by atoms with Gasteiger partial charge in [-0.05, 0) is 18.1 Å². The van der Waals surface area contributed by atoms with Crippen molar-refractivity contribution in [2.45, 2.75) is 26.3 Å². The fourth-order valence-electron chi connectivity index (χ4n) is 1.36. The van der Waals surface area contributed by atoms with Crippen LogP contribution in [-0.4, -0.2) is 11.9 Å². The summed E-state index contributed by atoms with van der Waals surface area (Å²) < 4.78 is 25.8. The van der Waals surface area contributed by atoms with E-state index in [0.29, 0.717) is 0 Å². The lowest BCUT2D eigenvalue weighted by atomic mass is 9.99. The molecule has 1 aromatic carbocycles. The minimum atomic E-state index is -0.739. The molecule has 3 N–H and O–H groups in total. The topological polar surface area (TPSA) is 55.1 Å². The lowest BCUT2D eigenvalue weighted by molar-refractivity contribution is -0.118. The van der Waals surface area contributed by atoms with E-state index in [1.807, 2.05) is 13.8 Å². The Balaban J connectivity index is 0.00000289. The average Bonchev–Trinajstić information content (AvgIpc) is 2.25. The molecule has 0 fully saturated rings. The maximum atomic E-state index is 12.9. The molecule has 2 atom stereocenters. The molecule has 0 heterocycles. The zero-order valence-electron chi connectivity index (χ0n) is 10.2. The predicted molar refractivity (Wildman–Crippen MR) is 69.7 cm³/mol. The molecule has 0 aliphatic heterocycles. The standard InChI is InChI=1S/C12H16F2N2O.ClH/c1-3-7(2)11(15)12(17)16-10-5-8(13)4-9(14)6-10;/h4-7,11H,3,15H2,1-2H3,(H,16,17);1H. The van der Waals surface area contributed by atoms with Crippen molar-refractivity contribution in [3.63, 3.8) is 0 Å². The van der Waals surface area contributed by atoms with Crippen molar-refractivity contribution >= 4 is 24.0 Å². The van der Waals surface area contributed by atoms with Crippen molar-refractivity contribution in [3.05, 3.63) is 29.8 Å². The van der Waals surface area contributed by atoms with Gasteiger partial charge in [0.1, 0.15) is 11.6 Å². The van der Waals surface area contributed by atoms with Crippen LogP contribution in [0.4, 0.5) is 14.5 Å². The summed E-state index contributed by atoms with van der Waals surface area (Å²) in [5, 5.41) is 2.39. The number of carbonyl (C=O) groups excluding carboxylic acids is 1. The molecular weight excluding hydrogens is 262 g/mol. The molecule has 1 rings (SSSR count). The van der Waals surface area contributed by atoms with Crippen LogP contribution in [0.2, 0.25) is 0 Å². The van der Waals surface area contributed by atoms with Gasteiger partial charge in [-0.2, -0.15) is 0 Å². The third-order valence-electron chi connectivity index (χ3n) is 2.69. The van der Waals surface area contributed by atoms with Gasteiger partial charge in [-0.15, -0.1) is 12.4 Å². The van der Waals surface area contributed by atoms with Crippen molar-refractivity contribution in [3.8, 4) is 0 Å². The fraction of sp³-hybridized carbons (Fsp3) is 0.417. The van der Waals surface area contributed by atoms with E-state index in [4.69, 9.17) is 5.73 Å². The monoisotopic (exact) mass is 278 g/mol. The lowest BCUT2D eigenvalue weighted by Gasteiger charge is -2.17. The van der Waals surface area contributed by atoms with Crippen molar-refractivity contribution in [1.82, 2.24) is 0 Å². The molecule has 18 heavy (non-hydrogen) atoms. The van der Waals surface area contributed by atoms with Crippen molar-refractivity contribution in [2.24, 2.45) is 11.7 Å². The van der Waals surface area contributed by atoms with E-state index in [2.05, 4.69) is 5.32 Å². The molecule has 0 bridgehead atoms. The van der Waals surface area contributed by atoms with Gasteiger partial charge in [0, 0.05) is 11.8 Å². The van der Waals surface area contributed by atoms with Crippen LogP contribution < -0.4 is 11.1 Å². The number of amides is 1. The van der Waals surface area contributed by atoms with Gasteiger partial charge in [-0.3, -0.25) is 4.79 Å². The highest BCUT2D eigenvalue weighted by Gasteiger charge is 2.19. The average molecular weight is 279 g/mol. The number of hydrogen-bond acceptors (Lipinski definition) is 2. The van der Waals surface area contributed by atoms with E-state index in [-0.39, 0.29) is 24.0 Å². The predicted octanol–water partition coefficient (Wildman–Crippen LogP) is 2.70. The van der Waals surface area contributed by atoms with E-state index in [1.165, 1.54) is 0 Å². The van der Waals surface area contributed by atoms with Gasteiger partial charge in [0.05, 0.1) is 6.04 Å². The molecule has 102 valence electrons. The summed E-state index contributed by atoms with van der Waals surface area (Å²) in [6.07, 6.45) is 0.756. The largest absolute Gasteiger partial charge is 0.325 e. The van der Waals surface area contributed by atoms with Gasteiger partial charge in [0.15, 0.2) is 0 Å². The first kappa shape index (κ1) is 16.8. The number of hydrogen-bond donors (Lipinski definition) is 2. The van der Waals surface area contributed by atoms with Crippen LogP contribution in [0.25, 0.3) is 0 Å². The summed E-state index contributed by atoms with van der Waals surface area (Å²) in [7, 11) is 0. The van der Waals surface area contributed by atoms with E-state index >= 15 is 0 Å². The van der Waals surface area contributed by atoms with Crippen LogP contribution in [0.3, 0.4) is 0 Å². The lowest BCUT2D eigenvalue weighted by Crippen LogP contribution is -2.40. The first-order chi connectivity index (χ1) is 7.93. The molecule has 0 radical (unpaired) electrons. The Labute approximate surface area is 111 Å². The molecule has 0 saturated heterocycles. The summed E-state index contributed by atoms with van der Waals surface area (Å²) in [5.74, 6) is -1.91. The van der Waals surface area contributed by atoms with Crippen LogP contribution in [0.5, 0.6) is 0 Å². The molecule has 0 aliphatic rings. The fourth-order valence-corrected chi connectivity index (χ4v) is 1.36. The third-order valence-corrected chi connectivity index (χ3v) is 2.69. The Kier molecular flexibility index (Phi) is 6.80. The smallest absolute Gasteiger partial charge is 0.241 e. The van der Waals surface area contributed by atoms with Crippen molar-refractivity contribution < 1.29 is 13.6 Å². The highest BCUT2D eigenvalue weighted by molar-refractivity contribution is 5.94. The van der Waals surface area contributed by atoms with E-state index in [1.54, 1.807) is 0 Å². The number of nitrogens with two attached hydrogens (primary N) is 1. The Hall–Kier alpha value is -1.20. The van der Waals surface area contributed by atoms with Crippen LogP contribution in [0.15, 0.2) is 18.2 Å². The van der Waals surface area contributed by atoms with Crippen LogP contribution >= 0.6 is 12.4 Å². The van der Waals surface area contributed by atoms with Gasteiger partial charge >= 0.3 is 0 Å². The van der Waals surface area contributed by atoms with E-state index < -0.39 is 23.6 Å². The first-order valence-corrected chi connectivity index (χ1v) is 5.46. The second-order valence-electron chi connectivity index (χ2n) is 4.06. The molecule has 0 aromatic heterocycles. The molecule has 1 aromatic rings. The van der Waals surface area contributed by atoms with Gasteiger partial charge < -0.3 is 11.1 Å². The highest BCUT2D eigenvalue weighted by atomic mass is 35.5. The van der Waals surface area contributed by atoms with Crippen molar-refractivity contribution in [1.29, 1.82) is 0 Å². The number of benzene rings is 1. The number of rotatable bonds is 4. The van der Waals surface area contributed by atoms with E-state index in [9.17, 15) is 13.6 Å². The summed E-state index contributed by atoms with van der Waals surface area (Å²) in [6, 6.07) is 2.14. The highest BCUT2D eigenvalue weighted by Crippen LogP contribution is 2.14. The van der Waals surface area contributed by atoms with E-state index in [0.717, 1.165) is 24.6 Å². The summed E-state index contributed by atoms with van der Waals surface area (Å²) >= 11 is 0. The Bertz CT molecular complexity index is 395. The maximum absolute atomic E-state index is 12.9. The van der Waals surface area contributed by atoms with Crippen molar-refractivity contribution in [2.75, 3.05) is 5.32 Å². The Morgan fingerprint density at radius 1 is 1.33 bits per heavy atom. The zero-order chi connectivity index (χ0) is 13.0. The molecule has 3 nitrogen and oxygen atoms in total. The summed E-state index contributed by atoms with van der Waals surface area (Å²) in [6.45, 7) is 3.76. The number of halogens is 3. The van der Waals surface area contributed by atoms with Gasteiger partial charge in [-0.25, -0.2) is 8.78 Å². The molecule has 0 aliphatic carbocycles. The molecule has 6 heteroatoms. The minimum Gasteiger partial charge on any atom is -0.325 e. The normalized spacial score (nSPS) is 13.4. The maximum Gasteiger partial charge on any atom is 0.241 e. The van der Waals surface area contributed by atoms with Gasteiger partial charge in [0.25, 0.3) is 0 Å². The molecule has 1 amide bonds. The number of nitrogens with one attached hydrogen (secondary N) is 1. The second kappa shape index (κ2) is 7.28.